The first kappa shape index (κ1) is 68.8. The third-order valence-corrected chi connectivity index (χ3v) is 13.4. The van der Waals surface area contributed by atoms with Crippen molar-refractivity contribution in [3.05, 3.63) is 72.9 Å². The molecule has 0 saturated heterocycles. The molecule has 0 N–H and O–H groups in total. The molecule has 0 aromatic carbocycles. The average Bonchev–Trinajstić information content (AvgIpc) is 3.38. The smallest absolute Gasteiger partial charge is 0.306 e. The van der Waals surface area contributed by atoms with Crippen molar-refractivity contribution in [3.8, 4) is 0 Å². The van der Waals surface area contributed by atoms with E-state index in [9.17, 15) is 14.4 Å². The molecule has 0 aromatic heterocycles. The fourth-order valence-electron chi connectivity index (χ4n) is 8.79. The summed E-state index contributed by atoms with van der Waals surface area (Å²) in [5, 5.41) is 0. The lowest BCUT2D eigenvalue weighted by Gasteiger charge is -2.18. The molecule has 0 aliphatic rings. The van der Waals surface area contributed by atoms with Crippen LogP contribution in [-0.4, -0.2) is 37.2 Å². The van der Waals surface area contributed by atoms with Gasteiger partial charge in [-0.1, -0.05) is 261 Å². The quantitative estimate of drug-likeness (QED) is 0.0261. The predicted octanol–water partition coefficient (Wildman–Crippen LogP) is 20.9. The molecule has 0 amide bonds. The van der Waals surface area contributed by atoms with Gasteiger partial charge in [-0.3, -0.25) is 14.4 Å². The molecule has 0 rings (SSSR count). The van der Waals surface area contributed by atoms with Gasteiger partial charge in [0.05, 0.1) is 0 Å². The van der Waals surface area contributed by atoms with Crippen molar-refractivity contribution < 1.29 is 28.6 Å². The highest BCUT2D eigenvalue weighted by Gasteiger charge is 2.19. The highest BCUT2D eigenvalue weighted by molar-refractivity contribution is 5.71. The lowest BCUT2D eigenvalue weighted by molar-refractivity contribution is -0.167. The van der Waals surface area contributed by atoms with Crippen LogP contribution in [-0.2, 0) is 28.6 Å². The largest absolute Gasteiger partial charge is 0.462 e. The lowest BCUT2D eigenvalue weighted by Crippen LogP contribution is -2.30. The average molecular weight is 1010 g/mol. The Labute approximate surface area is 446 Å². The van der Waals surface area contributed by atoms with Gasteiger partial charge < -0.3 is 14.2 Å². The number of unbranched alkanes of at least 4 members (excludes halogenated alkanes) is 33. The van der Waals surface area contributed by atoms with Crippen molar-refractivity contribution in [2.45, 2.75) is 316 Å². The molecule has 0 aliphatic heterocycles. The van der Waals surface area contributed by atoms with Crippen LogP contribution < -0.4 is 0 Å². The van der Waals surface area contributed by atoms with Gasteiger partial charge in [-0.2, -0.15) is 0 Å². The summed E-state index contributed by atoms with van der Waals surface area (Å²) < 4.78 is 16.8. The highest BCUT2D eigenvalue weighted by Crippen LogP contribution is 2.16. The summed E-state index contributed by atoms with van der Waals surface area (Å²) in [5.41, 5.74) is 0. The zero-order chi connectivity index (χ0) is 52.2. The number of hydrogen-bond donors (Lipinski definition) is 0. The van der Waals surface area contributed by atoms with Crippen LogP contribution in [0.4, 0.5) is 0 Å². The fraction of sp³-hybridized carbons (Fsp3) is 0.773. The summed E-state index contributed by atoms with van der Waals surface area (Å²) in [6, 6.07) is 0. The molecule has 0 aromatic rings. The normalized spacial score (nSPS) is 12.5. The number of carbonyl (C=O) groups excluding carboxylic acids is 3. The van der Waals surface area contributed by atoms with Gasteiger partial charge in [-0.15, -0.1) is 0 Å². The van der Waals surface area contributed by atoms with Gasteiger partial charge in [-0.05, 0) is 103 Å². The maximum atomic E-state index is 12.8. The summed E-state index contributed by atoms with van der Waals surface area (Å²) in [6.45, 7) is 6.46. The summed E-state index contributed by atoms with van der Waals surface area (Å²) >= 11 is 0. The van der Waals surface area contributed by atoms with Gasteiger partial charge in [0.15, 0.2) is 6.10 Å². The Kier molecular flexibility index (Phi) is 57.8. The van der Waals surface area contributed by atoms with Crippen molar-refractivity contribution in [2.75, 3.05) is 13.2 Å². The van der Waals surface area contributed by atoms with Gasteiger partial charge in [0.25, 0.3) is 0 Å². The molecule has 72 heavy (non-hydrogen) atoms. The summed E-state index contributed by atoms with van der Waals surface area (Å²) in [7, 11) is 0. The first-order chi connectivity index (χ1) is 35.5. The minimum atomic E-state index is -0.786. The highest BCUT2D eigenvalue weighted by atomic mass is 16.6. The monoisotopic (exact) mass is 1000 g/mol. The number of esters is 3. The molecule has 416 valence electrons. The Morgan fingerprint density at radius 2 is 0.569 bits per heavy atom. The Bertz CT molecular complexity index is 1340. The van der Waals surface area contributed by atoms with E-state index < -0.39 is 6.10 Å². The number of rotatable bonds is 56. The Balaban J connectivity index is 4.14. The van der Waals surface area contributed by atoms with Gasteiger partial charge >= 0.3 is 17.9 Å². The van der Waals surface area contributed by atoms with E-state index in [1.165, 1.54) is 154 Å². The molecule has 1 atom stereocenters. The van der Waals surface area contributed by atoms with Crippen LogP contribution in [0.25, 0.3) is 0 Å². The van der Waals surface area contributed by atoms with E-state index in [4.69, 9.17) is 14.2 Å². The van der Waals surface area contributed by atoms with E-state index in [0.29, 0.717) is 19.3 Å². The SMILES string of the molecule is CC/C=C\C/C=C\C/C=C\CCCCCCCC(=O)OC(COC(=O)CCCCCCC/C=C\CCC)COC(=O)CCCCCCCCCCCCCCCCCCC/C=C\C/C=C\CCCCCCC. The van der Waals surface area contributed by atoms with E-state index in [1.807, 2.05) is 0 Å². The minimum absolute atomic E-state index is 0.0833. The maximum Gasteiger partial charge on any atom is 0.306 e. The number of allylic oxidation sites excluding steroid dienone is 12. The van der Waals surface area contributed by atoms with Crippen molar-refractivity contribution in [1.29, 1.82) is 0 Å². The number of ether oxygens (including phenoxy) is 3. The summed E-state index contributed by atoms with van der Waals surface area (Å²) in [6.07, 6.45) is 77.8. The maximum absolute atomic E-state index is 12.8. The van der Waals surface area contributed by atoms with E-state index in [1.54, 1.807) is 0 Å². The van der Waals surface area contributed by atoms with E-state index in [2.05, 4.69) is 93.7 Å². The first-order valence-electron chi connectivity index (χ1n) is 30.9. The molecule has 0 spiro atoms. The van der Waals surface area contributed by atoms with Crippen LogP contribution in [0.1, 0.15) is 310 Å². The van der Waals surface area contributed by atoms with Crippen LogP contribution >= 0.6 is 0 Å². The minimum Gasteiger partial charge on any atom is -0.462 e. The van der Waals surface area contributed by atoms with Gasteiger partial charge in [0.1, 0.15) is 13.2 Å². The predicted molar refractivity (Wildman–Crippen MR) is 311 cm³/mol. The Hall–Kier alpha value is -3.15. The van der Waals surface area contributed by atoms with Crippen LogP contribution in [0, 0.1) is 0 Å². The van der Waals surface area contributed by atoms with Gasteiger partial charge in [-0.25, -0.2) is 0 Å². The van der Waals surface area contributed by atoms with Crippen LogP contribution in [0.15, 0.2) is 72.9 Å². The van der Waals surface area contributed by atoms with Gasteiger partial charge in [0.2, 0.25) is 0 Å². The third kappa shape index (κ3) is 57.7. The topological polar surface area (TPSA) is 78.9 Å². The molecule has 0 heterocycles. The van der Waals surface area contributed by atoms with Crippen molar-refractivity contribution >= 4 is 17.9 Å². The fourth-order valence-corrected chi connectivity index (χ4v) is 8.79. The standard InChI is InChI=1S/C66H116O6/c1-4-7-10-13-16-19-22-24-26-27-28-29-30-31-32-33-34-35-36-37-38-39-41-42-44-47-50-53-56-59-65(68)71-62-63(61-70-64(67)58-55-52-49-46-21-18-15-12-9-6-3)72-66(69)60-57-54-51-48-45-43-40-25-23-20-17-14-11-8-5-2/h8,11-12,15,17,20,22,24-25,27-28,40,63H,4-7,9-10,13-14,16,18-19,21,23,26,29-39,41-62H2,1-3H3/b11-8-,15-12-,20-17-,24-22-,28-27-,40-25-. The molecular formula is C66H116O6. The second kappa shape index (κ2) is 60.4. The molecule has 6 heteroatoms. The van der Waals surface area contributed by atoms with E-state index in [-0.39, 0.29) is 31.1 Å². The molecule has 0 fully saturated rings. The summed E-state index contributed by atoms with van der Waals surface area (Å²) in [4.78, 5) is 38.1. The molecule has 0 saturated carbocycles. The zero-order valence-corrected chi connectivity index (χ0v) is 47.7. The molecule has 0 aliphatic carbocycles. The van der Waals surface area contributed by atoms with Crippen molar-refractivity contribution in [3.63, 3.8) is 0 Å². The lowest BCUT2D eigenvalue weighted by atomic mass is 10.0. The number of carbonyl (C=O) groups is 3. The molecule has 6 nitrogen and oxygen atoms in total. The molecular weight excluding hydrogens is 889 g/mol. The zero-order valence-electron chi connectivity index (χ0n) is 47.7. The third-order valence-electron chi connectivity index (χ3n) is 13.4. The Morgan fingerprint density at radius 1 is 0.292 bits per heavy atom. The number of hydrogen-bond acceptors (Lipinski definition) is 6. The molecule has 1 unspecified atom stereocenters. The molecule has 0 radical (unpaired) electrons. The molecule has 0 bridgehead atoms. The van der Waals surface area contributed by atoms with Gasteiger partial charge in [0, 0.05) is 19.3 Å². The first-order valence-corrected chi connectivity index (χ1v) is 30.9. The second-order valence-electron chi connectivity index (χ2n) is 20.6. The van der Waals surface area contributed by atoms with E-state index in [0.717, 1.165) is 116 Å². The van der Waals surface area contributed by atoms with E-state index >= 15 is 0 Å². The Morgan fingerprint density at radius 3 is 0.917 bits per heavy atom. The van der Waals surface area contributed by atoms with Crippen molar-refractivity contribution in [1.82, 2.24) is 0 Å². The van der Waals surface area contributed by atoms with Crippen LogP contribution in [0.5, 0.6) is 0 Å². The van der Waals surface area contributed by atoms with Crippen molar-refractivity contribution in [2.24, 2.45) is 0 Å². The van der Waals surface area contributed by atoms with Crippen LogP contribution in [0.3, 0.4) is 0 Å². The second-order valence-corrected chi connectivity index (χ2v) is 20.6. The summed E-state index contributed by atoms with van der Waals surface area (Å²) in [5.74, 6) is -0.902. The van der Waals surface area contributed by atoms with Crippen LogP contribution in [0.2, 0.25) is 0 Å².